The van der Waals surface area contributed by atoms with Crippen LogP contribution >= 0.6 is 0 Å². The number of hydrogen-bond acceptors (Lipinski definition) is 3. The average Bonchev–Trinajstić information content (AvgIpc) is 2.11. The lowest BCUT2D eigenvalue weighted by Crippen LogP contribution is -2.34. The molecule has 0 bridgehead atoms. The normalized spacial score (nSPS) is 27.9. The van der Waals surface area contributed by atoms with Gasteiger partial charge in [-0.3, -0.25) is 0 Å². The smallest absolute Gasteiger partial charge is 0.431 e. The predicted octanol–water partition coefficient (Wildman–Crippen LogP) is 2.99. The lowest BCUT2D eigenvalue weighted by Gasteiger charge is -2.38. The highest BCUT2D eigenvalue weighted by Gasteiger charge is 2.34. The summed E-state index contributed by atoms with van der Waals surface area (Å²) >= 11 is 0. The molecule has 1 aliphatic rings. The first-order chi connectivity index (χ1) is 7.43. The van der Waals surface area contributed by atoms with E-state index in [-0.39, 0.29) is 18.1 Å². The third-order valence-electron chi connectivity index (χ3n) is 2.88. The molecular formula is C13H20O3. The Hall–Kier alpha value is -1.17. The topological polar surface area (TPSA) is 35.5 Å². The van der Waals surface area contributed by atoms with Crippen molar-refractivity contribution < 1.29 is 14.3 Å². The Kier molecular flexibility index (Phi) is 4.23. The summed E-state index contributed by atoms with van der Waals surface area (Å²) in [5.74, 6) is 2.82. The zero-order valence-corrected chi connectivity index (χ0v) is 10.3. The van der Waals surface area contributed by atoms with Gasteiger partial charge in [-0.1, -0.05) is 26.7 Å². The standard InChI is InChI=1S/C13H20O3/c1-5-6-15-12(14)16-11-7-10(2)8-13(3,4)9-11/h1,10-11H,6-9H2,2-4H3/t10-,11-/m0/s1. The average molecular weight is 224 g/mol. The van der Waals surface area contributed by atoms with Crippen molar-refractivity contribution in [1.29, 1.82) is 0 Å². The van der Waals surface area contributed by atoms with E-state index >= 15 is 0 Å². The molecule has 0 amide bonds. The fourth-order valence-electron chi connectivity index (χ4n) is 2.62. The van der Waals surface area contributed by atoms with Crippen LogP contribution in [0.2, 0.25) is 0 Å². The van der Waals surface area contributed by atoms with Gasteiger partial charge >= 0.3 is 6.16 Å². The van der Waals surface area contributed by atoms with Gasteiger partial charge in [0, 0.05) is 0 Å². The minimum atomic E-state index is -0.646. The summed E-state index contributed by atoms with van der Waals surface area (Å²) in [6.45, 7) is 6.56. The van der Waals surface area contributed by atoms with Crippen LogP contribution in [0.4, 0.5) is 4.79 Å². The molecule has 0 aromatic heterocycles. The zero-order chi connectivity index (χ0) is 12.2. The van der Waals surface area contributed by atoms with Crippen LogP contribution in [-0.2, 0) is 9.47 Å². The van der Waals surface area contributed by atoms with Crippen LogP contribution in [-0.4, -0.2) is 18.9 Å². The third kappa shape index (κ3) is 4.14. The van der Waals surface area contributed by atoms with Gasteiger partial charge in [-0.2, -0.15) is 0 Å². The van der Waals surface area contributed by atoms with Crippen molar-refractivity contribution in [3.8, 4) is 12.3 Å². The summed E-state index contributed by atoms with van der Waals surface area (Å²) in [4.78, 5) is 11.2. The van der Waals surface area contributed by atoms with Crippen LogP contribution in [0.3, 0.4) is 0 Å². The summed E-state index contributed by atoms with van der Waals surface area (Å²) in [5.41, 5.74) is 0.231. The highest BCUT2D eigenvalue weighted by molar-refractivity contribution is 5.60. The lowest BCUT2D eigenvalue weighted by atomic mass is 9.71. The maximum Gasteiger partial charge on any atom is 0.509 e. The summed E-state index contributed by atoms with van der Waals surface area (Å²) in [6, 6.07) is 0. The monoisotopic (exact) mass is 224 g/mol. The van der Waals surface area contributed by atoms with E-state index in [4.69, 9.17) is 15.9 Å². The number of hydrogen-bond donors (Lipinski definition) is 0. The van der Waals surface area contributed by atoms with E-state index in [1.54, 1.807) is 0 Å². The van der Waals surface area contributed by atoms with Gasteiger partial charge in [-0.25, -0.2) is 4.79 Å². The molecule has 0 aromatic carbocycles. The fourth-order valence-corrected chi connectivity index (χ4v) is 2.62. The fraction of sp³-hybridized carbons (Fsp3) is 0.769. The van der Waals surface area contributed by atoms with Crippen molar-refractivity contribution in [3.05, 3.63) is 0 Å². The SMILES string of the molecule is C#CCOC(=O)O[C@H]1C[C@H](C)CC(C)(C)C1. The van der Waals surface area contributed by atoms with Crippen LogP contribution in [0.25, 0.3) is 0 Å². The molecule has 3 heteroatoms. The molecule has 2 atom stereocenters. The van der Waals surface area contributed by atoms with Crippen molar-refractivity contribution in [1.82, 2.24) is 0 Å². The zero-order valence-electron chi connectivity index (χ0n) is 10.3. The highest BCUT2D eigenvalue weighted by atomic mass is 16.7. The molecule has 0 radical (unpaired) electrons. The Balaban J connectivity index is 2.42. The predicted molar refractivity (Wildman–Crippen MR) is 61.9 cm³/mol. The summed E-state index contributed by atoms with van der Waals surface area (Å²) in [6.07, 6.45) is 7.28. The molecule has 0 aliphatic heterocycles. The van der Waals surface area contributed by atoms with Gasteiger partial charge in [0.15, 0.2) is 6.61 Å². The number of terminal acetylenes is 1. The third-order valence-corrected chi connectivity index (χ3v) is 2.88. The molecule has 90 valence electrons. The van der Waals surface area contributed by atoms with Crippen LogP contribution < -0.4 is 0 Å². The molecule has 0 saturated heterocycles. The second kappa shape index (κ2) is 5.25. The van der Waals surface area contributed by atoms with Crippen molar-refractivity contribution in [2.24, 2.45) is 11.3 Å². The lowest BCUT2D eigenvalue weighted by molar-refractivity contribution is -0.0164. The van der Waals surface area contributed by atoms with E-state index in [2.05, 4.69) is 26.7 Å². The minimum absolute atomic E-state index is 0.0233. The van der Waals surface area contributed by atoms with E-state index in [1.807, 2.05) is 0 Å². The van der Waals surface area contributed by atoms with Gasteiger partial charge in [0.25, 0.3) is 0 Å². The maximum atomic E-state index is 11.2. The van der Waals surface area contributed by atoms with Gasteiger partial charge in [-0.05, 0) is 30.6 Å². The number of ether oxygens (including phenoxy) is 2. The van der Waals surface area contributed by atoms with Crippen molar-refractivity contribution >= 4 is 6.16 Å². The Morgan fingerprint density at radius 3 is 2.75 bits per heavy atom. The molecule has 0 heterocycles. The Bertz CT molecular complexity index is 288. The molecule has 1 aliphatic carbocycles. The molecule has 1 rings (SSSR count). The molecular weight excluding hydrogens is 204 g/mol. The van der Waals surface area contributed by atoms with E-state index in [0.717, 1.165) is 12.8 Å². The molecule has 16 heavy (non-hydrogen) atoms. The Labute approximate surface area is 97.5 Å². The number of rotatable bonds is 2. The minimum Gasteiger partial charge on any atom is -0.431 e. The summed E-state index contributed by atoms with van der Waals surface area (Å²) in [5, 5.41) is 0. The van der Waals surface area contributed by atoms with E-state index < -0.39 is 6.16 Å². The van der Waals surface area contributed by atoms with Crippen molar-refractivity contribution in [2.75, 3.05) is 6.61 Å². The van der Waals surface area contributed by atoms with Gasteiger partial charge in [0.2, 0.25) is 0 Å². The molecule has 0 unspecified atom stereocenters. The highest BCUT2D eigenvalue weighted by Crippen LogP contribution is 2.39. The van der Waals surface area contributed by atoms with Gasteiger partial charge < -0.3 is 9.47 Å². The van der Waals surface area contributed by atoms with Gasteiger partial charge in [0.05, 0.1) is 0 Å². The molecule has 0 aromatic rings. The summed E-state index contributed by atoms with van der Waals surface area (Å²) < 4.78 is 9.94. The van der Waals surface area contributed by atoms with Crippen molar-refractivity contribution in [2.45, 2.75) is 46.1 Å². The molecule has 3 nitrogen and oxygen atoms in total. The van der Waals surface area contributed by atoms with E-state index in [0.29, 0.717) is 5.92 Å². The molecule has 0 N–H and O–H groups in total. The molecule has 0 spiro atoms. The maximum absolute atomic E-state index is 11.2. The molecule has 1 saturated carbocycles. The number of carbonyl (C=O) groups is 1. The van der Waals surface area contributed by atoms with Crippen molar-refractivity contribution in [3.63, 3.8) is 0 Å². The van der Waals surface area contributed by atoms with E-state index in [1.165, 1.54) is 6.42 Å². The largest absolute Gasteiger partial charge is 0.509 e. The van der Waals surface area contributed by atoms with Crippen LogP contribution in [0.15, 0.2) is 0 Å². The Morgan fingerprint density at radius 1 is 1.50 bits per heavy atom. The van der Waals surface area contributed by atoms with Crippen LogP contribution in [0.1, 0.15) is 40.0 Å². The second-order valence-electron chi connectivity index (χ2n) is 5.40. The Morgan fingerprint density at radius 2 is 2.19 bits per heavy atom. The first-order valence-corrected chi connectivity index (χ1v) is 5.70. The number of carbonyl (C=O) groups excluding carboxylic acids is 1. The quantitative estimate of drug-likeness (QED) is 0.534. The first-order valence-electron chi connectivity index (χ1n) is 5.70. The van der Waals surface area contributed by atoms with Gasteiger partial charge in [0.1, 0.15) is 6.10 Å². The first kappa shape index (κ1) is 12.9. The van der Waals surface area contributed by atoms with Crippen LogP contribution in [0.5, 0.6) is 0 Å². The van der Waals surface area contributed by atoms with Crippen LogP contribution in [0, 0.1) is 23.7 Å². The second-order valence-corrected chi connectivity index (χ2v) is 5.40. The molecule has 1 fully saturated rings. The van der Waals surface area contributed by atoms with E-state index in [9.17, 15) is 4.79 Å². The summed E-state index contributed by atoms with van der Waals surface area (Å²) in [7, 11) is 0. The van der Waals surface area contributed by atoms with Gasteiger partial charge in [-0.15, -0.1) is 6.42 Å².